The fourth-order valence-electron chi connectivity index (χ4n) is 4.72. The summed E-state index contributed by atoms with van der Waals surface area (Å²) in [6.45, 7) is 4.39. The Morgan fingerprint density at radius 2 is 0.837 bits per heavy atom. The van der Waals surface area contributed by atoms with Crippen molar-refractivity contribution >= 4 is 11.9 Å². The van der Waals surface area contributed by atoms with Crippen LogP contribution in [-0.2, 0) is 29.1 Å². The van der Waals surface area contributed by atoms with Crippen molar-refractivity contribution in [1.82, 2.24) is 0 Å². The van der Waals surface area contributed by atoms with E-state index in [-0.39, 0.29) is 44.5 Å². The molecule has 0 amide bonds. The maximum atomic E-state index is 10.2. The first-order valence-corrected chi connectivity index (χ1v) is 17.4. The number of unbranched alkanes of at least 4 members (excludes halogenated alkanes) is 16. The maximum Gasteiger partial charge on any atom is 2.00 e. The molecule has 0 bridgehead atoms. The van der Waals surface area contributed by atoms with Gasteiger partial charge in [-0.1, -0.05) is 128 Å². The van der Waals surface area contributed by atoms with E-state index < -0.39 is 11.9 Å². The number of carboxylic acids is 2. The Kier molecular flexibility index (Phi) is 42.1. The first-order chi connectivity index (χ1) is 20.3. The van der Waals surface area contributed by atoms with Crippen LogP contribution in [-0.4, -0.2) is 34.4 Å². The molecule has 0 spiro atoms. The van der Waals surface area contributed by atoms with Gasteiger partial charge in [0.25, 0.3) is 0 Å². The Labute approximate surface area is 278 Å². The van der Waals surface area contributed by atoms with E-state index in [2.05, 4.69) is 38.2 Å². The van der Waals surface area contributed by atoms with Crippen molar-refractivity contribution in [3.05, 3.63) is 24.3 Å². The molecule has 0 rings (SSSR count). The standard InChI is InChI=1S/2C18H34O3.Zn/c2*1-2-3-4-11-14-17(19)15-12-9-7-5-6-8-10-13-16-18(20)21;/h2*9,12,17,19H,2-8,10-11,13-16H2,1H3,(H,20,21);/q;;+2/p-2. The van der Waals surface area contributed by atoms with Gasteiger partial charge in [-0.2, -0.15) is 0 Å². The Morgan fingerprint density at radius 3 is 1.19 bits per heavy atom. The summed E-state index contributed by atoms with van der Waals surface area (Å²) < 4.78 is 0. The van der Waals surface area contributed by atoms with Gasteiger partial charge in [-0.3, -0.25) is 0 Å². The minimum atomic E-state index is -0.939. The summed E-state index contributed by atoms with van der Waals surface area (Å²) in [5.74, 6) is -1.88. The van der Waals surface area contributed by atoms with Crippen LogP contribution in [0.2, 0.25) is 0 Å². The quantitative estimate of drug-likeness (QED) is 0.0468. The van der Waals surface area contributed by atoms with Gasteiger partial charge >= 0.3 is 19.5 Å². The van der Waals surface area contributed by atoms with Crippen molar-refractivity contribution in [2.75, 3.05) is 0 Å². The van der Waals surface area contributed by atoms with Gasteiger partial charge in [-0.15, -0.1) is 0 Å². The van der Waals surface area contributed by atoms with Gasteiger partial charge in [0.2, 0.25) is 0 Å². The van der Waals surface area contributed by atoms with Gasteiger partial charge in [0.1, 0.15) is 0 Å². The largest absolute Gasteiger partial charge is 2.00 e. The Hall–Kier alpha value is -1.04. The van der Waals surface area contributed by atoms with Crippen LogP contribution in [0.25, 0.3) is 0 Å². The van der Waals surface area contributed by atoms with Gasteiger partial charge in [-0.25, -0.2) is 0 Å². The molecule has 0 aromatic heterocycles. The molecule has 6 nitrogen and oxygen atoms in total. The number of allylic oxidation sites excluding steroid dienone is 2. The summed E-state index contributed by atoms with van der Waals surface area (Å²) in [5, 5.41) is 40.0. The van der Waals surface area contributed by atoms with Crippen molar-refractivity contribution in [3.8, 4) is 0 Å². The van der Waals surface area contributed by atoms with Crippen molar-refractivity contribution in [3.63, 3.8) is 0 Å². The van der Waals surface area contributed by atoms with Crippen LogP contribution < -0.4 is 10.2 Å². The van der Waals surface area contributed by atoms with E-state index in [4.69, 9.17) is 0 Å². The number of aliphatic hydroxyl groups is 2. The molecule has 0 aromatic carbocycles. The van der Waals surface area contributed by atoms with Crippen molar-refractivity contribution in [2.24, 2.45) is 0 Å². The summed E-state index contributed by atoms with van der Waals surface area (Å²) in [7, 11) is 0. The fraction of sp³-hybridized carbons (Fsp3) is 0.833. The molecule has 0 aromatic rings. The summed E-state index contributed by atoms with van der Waals surface area (Å²) in [5.41, 5.74) is 0. The van der Waals surface area contributed by atoms with E-state index in [1.54, 1.807) is 0 Å². The number of rotatable bonds is 30. The zero-order chi connectivity index (χ0) is 31.5. The molecule has 0 aliphatic carbocycles. The minimum absolute atomic E-state index is 0. The van der Waals surface area contributed by atoms with E-state index in [0.29, 0.717) is 0 Å². The molecule has 2 N–H and O–H groups in total. The number of carboxylic acid groups (broad SMARTS) is 2. The van der Waals surface area contributed by atoms with Crippen molar-refractivity contribution in [2.45, 2.75) is 193 Å². The number of aliphatic hydroxyl groups excluding tert-OH is 2. The molecule has 43 heavy (non-hydrogen) atoms. The van der Waals surface area contributed by atoms with Gasteiger partial charge in [0.05, 0.1) is 12.2 Å². The van der Waals surface area contributed by atoms with Gasteiger partial charge in [0.15, 0.2) is 0 Å². The van der Waals surface area contributed by atoms with Crippen LogP contribution in [0.3, 0.4) is 0 Å². The predicted molar refractivity (Wildman–Crippen MR) is 172 cm³/mol. The smallest absolute Gasteiger partial charge is 0.550 e. The Morgan fingerprint density at radius 1 is 0.512 bits per heavy atom. The zero-order valence-electron chi connectivity index (χ0n) is 28.1. The normalized spacial score (nSPS) is 12.6. The van der Waals surface area contributed by atoms with E-state index in [0.717, 1.165) is 116 Å². The third kappa shape index (κ3) is 45.5. The number of aliphatic carboxylic acids is 2. The van der Waals surface area contributed by atoms with Gasteiger partial charge < -0.3 is 30.0 Å². The number of hydrogen-bond acceptors (Lipinski definition) is 6. The molecule has 0 aliphatic heterocycles. The monoisotopic (exact) mass is 658 g/mol. The number of carbonyl (C=O) groups is 2. The molecule has 0 saturated carbocycles. The first-order valence-electron chi connectivity index (χ1n) is 17.4. The van der Waals surface area contributed by atoms with Gasteiger partial charge in [-0.05, 0) is 77.0 Å². The van der Waals surface area contributed by atoms with E-state index in [1.807, 2.05) is 0 Å². The second kappa shape index (κ2) is 39.0. The van der Waals surface area contributed by atoms with E-state index in [9.17, 15) is 30.0 Å². The second-order valence-electron chi connectivity index (χ2n) is 11.8. The van der Waals surface area contributed by atoms with Gasteiger partial charge in [0, 0.05) is 11.9 Å². The first kappa shape index (κ1) is 46.4. The maximum absolute atomic E-state index is 10.2. The van der Waals surface area contributed by atoms with Crippen LogP contribution in [0, 0.1) is 0 Å². The van der Waals surface area contributed by atoms with Crippen LogP contribution in [0.4, 0.5) is 0 Å². The predicted octanol–water partition coefficient (Wildman–Crippen LogP) is 7.49. The third-order valence-electron chi connectivity index (χ3n) is 7.43. The minimum Gasteiger partial charge on any atom is -0.550 e. The molecule has 2 atom stereocenters. The van der Waals surface area contributed by atoms with Crippen LogP contribution in [0.1, 0.15) is 181 Å². The average Bonchev–Trinajstić information content (AvgIpc) is 2.95. The Balaban J connectivity index is -0.000000727. The van der Waals surface area contributed by atoms with Crippen LogP contribution >= 0.6 is 0 Å². The summed E-state index contributed by atoms with van der Waals surface area (Å²) in [6.07, 6.45) is 34.0. The summed E-state index contributed by atoms with van der Waals surface area (Å²) in [4.78, 5) is 20.4. The molecule has 7 heteroatoms. The molecule has 0 aliphatic rings. The zero-order valence-corrected chi connectivity index (χ0v) is 31.1. The van der Waals surface area contributed by atoms with E-state index in [1.165, 1.54) is 38.5 Å². The average molecular weight is 660 g/mol. The molecule has 0 radical (unpaired) electrons. The summed E-state index contributed by atoms with van der Waals surface area (Å²) >= 11 is 0. The molecule has 248 valence electrons. The summed E-state index contributed by atoms with van der Waals surface area (Å²) in [6, 6.07) is 0. The van der Waals surface area contributed by atoms with Crippen molar-refractivity contribution in [1.29, 1.82) is 0 Å². The molecular formula is C36H66O6Zn. The number of carbonyl (C=O) groups excluding carboxylic acids is 2. The number of hydrogen-bond donors (Lipinski definition) is 2. The molecule has 0 saturated heterocycles. The van der Waals surface area contributed by atoms with E-state index >= 15 is 0 Å². The van der Waals surface area contributed by atoms with Crippen molar-refractivity contribution < 1.29 is 49.5 Å². The SMILES string of the molecule is CCCCCCC(O)CC=CCCCCCCCC(=O)[O-].CCCCCCC(O)CC=CCCCCCCCC(=O)[O-].[Zn+2]. The molecule has 2 unspecified atom stereocenters. The topological polar surface area (TPSA) is 121 Å². The second-order valence-corrected chi connectivity index (χ2v) is 11.8. The van der Waals surface area contributed by atoms with Crippen LogP contribution in [0.5, 0.6) is 0 Å². The molecule has 0 heterocycles. The van der Waals surface area contributed by atoms with Crippen LogP contribution in [0.15, 0.2) is 24.3 Å². The fourth-order valence-corrected chi connectivity index (χ4v) is 4.72. The third-order valence-corrected chi connectivity index (χ3v) is 7.43. The molecular weight excluding hydrogens is 594 g/mol. The molecule has 0 fully saturated rings. The Bertz CT molecular complexity index is 583.